The Kier molecular flexibility index (Phi) is 4.90. The van der Waals surface area contributed by atoms with Gasteiger partial charge in [-0.3, -0.25) is 4.79 Å². The minimum Gasteiger partial charge on any atom is -0.396 e. The Hall–Kier alpha value is -1.17. The highest BCUT2D eigenvalue weighted by molar-refractivity contribution is 6.31. The van der Waals surface area contributed by atoms with Gasteiger partial charge >= 0.3 is 0 Å². The van der Waals surface area contributed by atoms with Crippen molar-refractivity contribution < 1.29 is 14.3 Å². The molecule has 1 spiro atoms. The minimum atomic E-state index is -0.444. The normalized spacial score (nSPS) is 23.4. The van der Waals surface area contributed by atoms with Crippen LogP contribution in [0.25, 0.3) is 0 Å². The van der Waals surface area contributed by atoms with Crippen LogP contribution in [0.5, 0.6) is 0 Å². The van der Waals surface area contributed by atoms with E-state index in [2.05, 4.69) is 5.32 Å². The number of rotatable bonds is 3. The smallest absolute Gasteiger partial charge is 0.227 e. The maximum absolute atomic E-state index is 13.9. The average Bonchev–Trinajstić information content (AvgIpc) is 2.90. The number of nitrogens with one attached hydrogen (secondary N) is 1. The Morgan fingerprint density at radius 1 is 1.43 bits per heavy atom. The second kappa shape index (κ2) is 6.75. The number of hydrogen-bond donors (Lipinski definition) is 2. The molecular weight excluding hydrogens is 319 g/mol. The summed E-state index contributed by atoms with van der Waals surface area (Å²) in [6.07, 6.45) is 1.89. The van der Waals surface area contributed by atoms with E-state index < -0.39 is 5.82 Å². The number of piperidine rings is 1. The summed E-state index contributed by atoms with van der Waals surface area (Å²) in [7, 11) is 0. The van der Waals surface area contributed by atoms with Crippen molar-refractivity contribution >= 4 is 17.5 Å². The van der Waals surface area contributed by atoms with E-state index in [1.54, 1.807) is 11.0 Å². The van der Waals surface area contributed by atoms with Gasteiger partial charge in [0.2, 0.25) is 5.91 Å². The molecule has 0 bridgehead atoms. The molecule has 0 aromatic heterocycles. The van der Waals surface area contributed by atoms with Crippen molar-refractivity contribution in [1.82, 2.24) is 10.2 Å². The summed E-state index contributed by atoms with van der Waals surface area (Å²) in [5.41, 5.74) is 0.250. The fourth-order valence-corrected chi connectivity index (χ4v) is 4.16. The zero-order chi connectivity index (χ0) is 16.4. The molecule has 126 valence electrons. The maximum atomic E-state index is 13.9. The number of hydrogen-bond acceptors (Lipinski definition) is 3. The SMILES string of the molecule is O=C(Cc1c(F)cccc1Cl)N1CC(CO)C2(CCNCC2)C1. The van der Waals surface area contributed by atoms with Crippen LogP contribution in [0, 0.1) is 17.2 Å². The predicted octanol–water partition coefficient (Wildman–Crippen LogP) is 1.84. The Morgan fingerprint density at radius 2 is 2.17 bits per heavy atom. The van der Waals surface area contributed by atoms with Crippen molar-refractivity contribution in [1.29, 1.82) is 0 Å². The van der Waals surface area contributed by atoms with Gasteiger partial charge in [0.05, 0.1) is 6.42 Å². The molecule has 1 atom stereocenters. The Morgan fingerprint density at radius 3 is 2.83 bits per heavy atom. The van der Waals surface area contributed by atoms with Gasteiger partial charge in [-0.25, -0.2) is 4.39 Å². The Labute approximate surface area is 140 Å². The fourth-order valence-electron chi connectivity index (χ4n) is 3.93. The zero-order valence-electron chi connectivity index (χ0n) is 13.0. The number of amides is 1. The van der Waals surface area contributed by atoms with Crippen LogP contribution in [0.15, 0.2) is 18.2 Å². The topological polar surface area (TPSA) is 52.6 Å². The van der Waals surface area contributed by atoms with Crippen LogP contribution in [-0.4, -0.2) is 48.7 Å². The van der Waals surface area contributed by atoms with Crippen molar-refractivity contribution in [3.05, 3.63) is 34.6 Å². The number of carbonyl (C=O) groups excluding carboxylic acids is 1. The number of likely N-dealkylation sites (tertiary alicyclic amines) is 1. The third-order valence-corrected chi connectivity index (χ3v) is 5.73. The van der Waals surface area contributed by atoms with Crippen LogP contribution in [0.4, 0.5) is 4.39 Å². The Bertz CT molecular complexity index is 570. The molecule has 2 N–H and O–H groups in total. The van der Waals surface area contributed by atoms with E-state index in [0.29, 0.717) is 13.1 Å². The lowest BCUT2D eigenvalue weighted by molar-refractivity contribution is -0.130. The van der Waals surface area contributed by atoms with E-state index in [9.17, 15) is 14.3 Å². The van der Waals surface area contributed by atoms with E-state index in [4.69, 9.17) is 11.6 Å². The molecule has 2 aliphatic heterocycles. The number of halogens is 2. The molecule has 6 heteroatoms. The van der Waals surface area contributed by atoms with Crippen molar-refractivity contribution in [2.45, 2.75) is 19.3 Å². The molecule has 1 aromatic rings. The van der Waals surface area contributed by atoms with Crippen molar-refractivity contribution in [3.63, 3.8) is 0 Å². The maximum Gasteiger partial charge on any atom is 0.227 e. The summed E-state index contributed by atoms with van der Waals surface area (Å²) in [6.45, 7) is 3.10. The van der Waals surface area contributed by atoms with Gasteiger partial charge in [-0.15, -0.1) is 0 Å². The van der Waals surface area contributed by atoms with Gasteiger partial charge in [0.1, 0.15) is 5.82 Å². The highest BCUT2D eigenvalue weighted by atomic mass is 35.5. The molecule has 1 aromatic carbocycles. The highest BCUT2D eigenvalue weighted by Gasteiger charge is 2.47. The largest absolute Gasteiger partial charge is 0.396 e. The van der Waals surface area contributed by atoms with Gasteiger partial charge in [-0.05, 0) is 43.5 Å². The number of aliphatic hydroxyl groups is 1. The second-order valence-electron chi connectivity index (χ2n) is 6.64. The summed E-state index contributed by atoms with van der Waals surface area (Å²) in [4.78, 5) is 14.4. The van der Waals surface area contributed by atoms with Crippen LogP contribution in [0.3, 0.4) is 0 Å². The lowest BCUT2D eigenvalue weighted by Gasteiger charge is -2.37. The lowest BCUT2D eigenvalue weighted by atomic mass is 9.71. The highest BCUT2D eigenvalue weighted by Crippen LogP contribution is 2.43. The van der Waals surface area contributed by atoms with E-state index in [-0.39, 0.29) is 40.9 Å². The summed E-state index contributed by atoms with van der Waals surface area (Å²) < 4.78 is 13.9. The first kappa shape index (κ1) is 16.7. The Balaban J connectivity index is 1.73. The summed E-state index contributed by atoms with van der Waals surface area (Å²) in [6, 6.07) is 4.46. The molecule has 23 heavy (non-hydrogen) atoms. The lowest BCUT2D eigenvalue weighted by Crippen LogP contribution is -2.43. The monoisotopic (exact) mass is 340 g/mol. The molecule has 0 aliphatic carbocycles. The molecular formula is C17H22ClFN2O2. The molecule has 2 fully saturated rings. The van der Waals surface area contributed by atoms with E-state index in [1.807, 2.05) is 0 Å². The molecule has 4 nitrogen and oxygen atoms in total. The zero-order valence-corrected chi connectivity index (χ0v) is 13.8. The molecule has 0 saturated carbocycles. The third kappa shape index (κ3) is 3.23. The van der Waals surface area contributed by atoms with Crippen LogP contribution >= 0.6 is 11.6 Å². The minimum absolute atomic E-state index is 0.00527. The number of aliphatic hydroxyl groups excluding tert-OH is 1. The molecule has 2 heterocycles. The standard InChI is InChI=1S/C17H22ClFN2O2/c18-14-2-1-3-15(19)13(14)8-16(23)21-9-12(10-22)17(11-21)4-6-20-7-5-17/h1-3,12,20,22H,4-11H2. The summed E-state index contributed by atoms with van der Waals surface area (Å²) in [5.74, 6) is -0.462. The van der Waals surface area contributed by atoms with Crippen LogP contribution < -0.4 is 5.32 Å². The van der Waals surface area contributed by atoms with Gasteiger partial charge in [-0.1, -0.05) is 17.7 Å². The van der Waals surface area contributed by atoms with Gasteiger partial charge in [-0.2, -0.15) is 0 Å². The summed E-state index contributed by atoms with van der Waals surface area (Å²) >= 11 is 6.02. The third-order valence-electron chi connectivity index (χ3n) is 5.37. The second-order valence-corrected chi connectivity index (χ2v) is 7.05. The molecule has 2 saturated heterocycles. The van der Waals surface area contributed by atoms with Crippen LogP contribution in [0.2, 0.25) is 5.02 Å². The summed E-state index contributed by atoms with van der Waals surface area (Å²) in [5, 5.41) is 13.3. The van der Waals surface area contributed by atoms with Gasteiger partial charge < -0.3 is 15.3 Å². The van der Waals surface area contributed by atoms with E-state index in [1.165, 1.54) is 12.1 Å². The molecule has 3 rings (SSSR count). The van der Waals surface area contributed by atoms with E-state index in [0.717, 1.165) is 25.9 Å². The fraction of sp³-hybridized carbons (Fsp3) is 0.588. The molecule has 1 unspecified atom stereocenters. The van der Waals surface area contributed by atoms with Crippen LogP contribution in [0.1, 0.15) is 18.4 Å². The predicted molar refractivity (Wildman–Crippen MR) is 86.8 cm³/mol. The molecule has 1 amide bonds. The number of nitrogens with zero attached hydrogens (tertiary/aromatic N) is 1. The average molecular weight is 341 g/mol. The van der Waals surface area contributed by atoms with E-state index >= 15 is 0 Å². The first-order valence-electron chi connectivity index (χ1n) is 8.08. The first-order chi connectivity index (χ1) is 11.1. The molecule has 0 radical (unpaired) electrons. The quantitative estimate of drug-likeness (QED) is 0.883. The van der Waals surface area contributed by atoms with Crippen molar-refractivity contribution in [2.24, 2.45) is 11.3 Å². The first-order valence-corrected chi connectivity index (χ1v) is 8.46. The van der Waals surface area contributed by atoms with Gasteiger partial charge in [0, 0.05) is 36.2 Å². The van der Waals surface area contributed by atoms with Gasteiger partial charge in [0.25, 0.3) is 0 Å². The molecule has 2 aliphatic rings. The van der Waals surface area contributed by atoms with Crippen molar-refractivity contribution in [3.8, 4) is 0 Å². The van der Waals surface area contributed by atoms with Crippen LogP contribution in [-0.2, 0) is 11.2 Å². The number of benzene rings is 1. The number of carbonyl (C=O) groups is 1. The van der Waals surface area contributed by atoms with Gasteiger partial charge in [0.15, 0.2) is 0 Å². The van der Waals surface area contributed by atoms with Crippen molar-refractivity contribution in [2.75, 3.05) is 32.8 Å².